The van der Waals surface area contributed by atoms with Gasteiger partial charge in [-0.15, -0.1) is 0 Å². The fourth-order valence-electron chi connectivity index (χ4n) is 1.83. The fourth-order valence-corrected chi connectivity index (χ4v) is 2.09. The number of nitrogens with one attached hydrogen (secondary N) is 1. The lowest BCUT2D eigenvalue weighted by molar-refractivity contribution is -0.114. The van der Waals surface area contributed by atoms with E-state index in [4.69, 9.17) is 16.3 Å². The van der Waals surface area contributed by atoms with E-state index >= 15 is 0 Å². The maximum atomic E-state index is 11.7. The molecule has 5 nitrogen and oxygen atoms in total. The monoisotopic (exact) mass is 281 g/mol. The van der Waals surface area contributed by atoms with Crippen molar-refractivity contribution in [3.63, 3.8) is 0 Å². The summed E-state index contributed by atoms with van der Waals surface area (Å²) >= 11 is 6.10. The van der Waals surface area contributed by atoms with Gasteiger partial charge in [0.05, 0.1) is 17.8 Å². The SMILES string of the molecule is COC(=O)c1cc(Cl)c(NC(C)=O)c2c1OCC=C2. The summed E-state index contributed by atoms with van der Waals surface area (Å²) in [7, 11) is 1.28. The van der Waals surface area contributed by atoms with E-state index in [-0.39, 0.29) is 16.5 Å². The molecule has 0 spiro atoms. The topological polar surface area (TPSA) is 64.6 Å². The average molecular weight is 282 g/mol. The quantitative estimate of drug-likeness (QED) is 0.846. The molecule has 0 unspecified atom stereocenters. The number of fused-ring (bicyclic) bond motifs is 1. The Bertz CT molecular complexity index is 580. The second-order valence-electron chi connectivity index (χ2n) is 3.91. The van der Waals surface area contributed by atoms with Crippen molar-refractivity contribution in [3.05, 3.63) is 28.3 Å². The van der Waals surface area contributed by atoms with Crippen LogP contribution in [0.2, 0.25) is 5.02 Å². The highest BCUT2D eigenvalue weighted by Crippen LogP contribution is 2.39. The van der Waals surface area contributed by atoms with Crippen molar-refractivity contribution >= 4 is 35.2 Å². The molecule has 1 N–H and O–H groups in total. The van der Waals surface area contributed by atoms with Gasteiger partial charge in [0.1, 0.15) is 17.9 Å². The summed E-state index contributed by atoms with van der Waals surface area (Å²) in [6, 6.07) is 1.43. The highest BCUT2D eigenvalue weighted by molar-refractivity contribution is 6.34. The molecule has 1 aromatic carbocycles. The Labute approximate surface area is 115 Å². The van der Waals surface area contributed by atoms with Gasteiger partial charge >= 0.3 is 5.97 Å². The number of carbonyl (C=O) groups excluding carboxylic acids is 2. The number of amides is 1. The summed E-state index contributed by atoms with van der Waals surface area (Å²) in [5.41, 5.74) is 1.23. The normalized spacial score (nSPS) is 12.4. The number of esters is 1. The summed E-state index contributed by atoms with van der Waals surface area (Å²) in [5, 5.41) is 2.89. The number of halogens is 1. The largest absolute Gasteiger partial charge is 0.488 e. The molecule has 100 valence electrons. The molecule has 0 aliphatic carbocycles. The lowest BCUT2D eigenvalue weighted by atomic mass is 10.0. The first-order valence-electron chi connectivity index (χ1n) is 5.56. The summed E-state index contributed by atoms with van der Waals surface area (Å²) in [4.78, 5) is 22.9. The molecule has 0 atom stereocenters. The molecule has 0 fully saturated rings. The van der Waals surface area contributed by atoms with Crippen molar-refractivity contribution in [2.75, 3.05) is 19.0 Å². The number of benzene rings is 1. The molecule has 0 bridgehead atoms. The van der Waals surface area contributed by atoms with Gasteiger partial charge in [-0.25, -0.2) is 4.79 Å². The van der Waals surface area contributed by atoms with Gasteiger partial charge in [0, 0.05) is 12.5 Å². The molecule has 1 amide bonds. The Morgan fingerprint density at radius 3 is 2.84 bits per heavy atom. The van der Waals surface area contributed by atoms with E-state index in [1.165, 1.54) is 20.1 Å². The Morgan fingerprint density at radius 1 is 1.47 bits per heavy atom. The molecule has 2 rings (SSSR count). The third-order valence-electron chi connectivity index (χ3n) is 2.58. The van der Waals surface area contributed by atoms with Gasteiger partial charge in [0.2, 0.25) is 5.91 Å². The minimum Gasteiger partial charge on any atom is -0.488 e. The van der Waals surface area contributed by atoms with Crippen molar-refractivity contribution in [2.24, 2.45) is 0 Å². The van der Waals surface area contributed by atoms with Gasteiger partial charge < -0.3 is 14.8 Å². The zero-order valence-electron chi connectivity index (χ0n) is 10.5. The predicted molar refractivity (Wildman–Crippen MR) is 71.6 cm³/mol. The summed E-state index contributed by atoms with van der Waals surface area (Å²) in [6.07, 6.45) is 3.52. The Morgan fingerprint density at radius 2 is 2.21 bits per heavy atom. The van der Waals surface area contributed by atoms with E-state index < -0.39 is 5.97 Å². The predicted octanol–water partition coefficient (Wildman–Crippen LogP) is 2.49. The highest BCUT2D eigenvalue weighted by Gasteiger charge is 2.23. The summed E-state index contributed by atoms with van der Waals surface area (Å²) < 4.78 is 10.1. The van der Waals surface area contributed by atoms with Gasteiger partial charge in [-0.2, -0.15) is 0 Å². The van der Waals surface area contributed by atoms with Gasteiger partial charge in [0.15, 0.2) is 0 Å². The average Bonchev–Trinajstić information content (AvgIpc) is 2.40. The maximum absolute atomic E-state index is 11.7. The molecule has 6 heteroatoms. The van der Waals surface area contributed by atoms with Crippen LogP contribution in [0, 0.1) is 0 Å². The second-order valence-corrected chi connectivity index (χ2v) is 4.32. The standard InChI is InChI=1S/C13H12ClNO4/c1-7(16)15-11-8-4-3-5-19-12(8)9(6-10(11)14)13(17)18-2/h3-4,6H,5H2,1-2H3,(H,15,16). The number of ether oxygens (including phenoxy) is 2. The van der Waals surface area contributed by atoms with Gasteiger partial charge in [-0.1, -0.05) is 11.6 Å². The van der Waals surface area contributed by atoms with E-state index in [1.807, 2.05) is 0 Å². The number of carbonyl (C=O) groups is 2. The van der Waals surface area contributed by atoms with E-state index in [0.29, 0.717) is 23.6 Å². The number of methoxy groups -OCH3 is 1. The number of rotatable bonds is 2. The third-order valence-corrected chi connectivity index (χ3v) is 2.88. The first kappa shape index (κ1) is 13.4. The van der Waals surface area contributed by atoms with Crippen molar-refractivity contribution in [1.82, 2.24) is 0 Å². The molecular formula is C13H12ClNO4. The number of hydrogen-bond donors (Lipinski definition) is 1. The van der Waals surface area contributed by atoms with Crippen LogP contribution in [0.5, 0.6) is 5.75 Å². The lowest BCUT2D eigenvalue weighted by Crippen LogP contribution is -2.14. The van der Waals surface area contributed by atoms with Crippen LogP contribution in [0.3, 0.4) is 0 Å². The van der Waals surface area contributed by atoms with Crippen LogP contribution in [0.4, 0.5) is 5.69 Å². The number of hydrogen-bond acceptors (Lipinski definition) is 4. The third kappa shape index (κ3) is 2.56. The van der Waals surface area contributed by atoms with Crippen LogP contribution in [-0.4, -0.2) is 25.6 Å². The summed E-state index contributed by atoms with van der Waals surface area (Å²) in [6.45, 7) is 1.72. The fraction of sp³-hybridized carbons (Fsp3) is 0.231. The molecule has 1 heterocycles. The van der Waals surface area contributed by atoms with E-state index in [1.54, 1.807) is 12.2 Å². The Hall–Kier alpha value is -2.01. The minimum atomic E-state index is -0.539. The van der Waals surface area contributed by atoms with Crippen LogP contribution < -0.4 is 10.1 Å². The minimum absolute atomic E-state index is 0.237. The molecule has 0 radical (unpaired) electrons. The Kier molecular flexibility index (Phi) is 3.76. The molecule has 1 aliphatic rings. The van der Waals surface area contributed by atoms with E-state index in [9.17, 15) is 9.59 Å². The smallest absolute Gasteiger partial charge is 0.341 e. The van der Waals surface area contributed by atoms with Crippen LogP contribution in [-0.2, 0) is 9.53 Å². The zero-order valence-corrected chi connectivity index (χ0v) is 11.2. The molecule has 0 saturated heterocycles. The van der Waals surface area contributed by atoms with Gasteiger partial charge in [-0.3, -0.25) is 4.79 Å². The van der Waals surface area contributed by atoms with Crippen LogP contribution >= 0.6 is 11.6 Å². The van der Waals surface area contributed by atoms with Crippen molar-refractivity contribution in [1.29, 1.82) is 0 Å². The lowest BCUT2D eigenvalue weighted by Gasteiger charge is -2.20. The van der Waals surface area contributed by atoms with Crippen LogP contribution in [0.25, 0.3) is 6.08 Å². The van der Waals surface area contributed by atoms with Crippen LogP contribution in [0.1, 0.15) is 22.8 Å². The first-order valence-corrected chi connectivity index (χ1v) is 5.94. The first-order chi connectivity index (χ1) is 9.04. The van der Waals surface area contributed by atoms with E-state index in [2.05, 4.69) is 10.1 Å². The van der Waals surface area contributed by atoms with E-state index in [0.717, 1.165) is 0 Å². The molecule has 19 heavy (non-hydrogen) atoms. The van der Waals surface area contributed by atoms with Gasteiger partial charge in [-0.05, 0) is 18.2 Å². The van der Waals surface area contributed by atoms with Crippen LogP contribution in [0.15, 0.2) is 12.1 Å². The molecule has 0 saturated carbocycles. The summed E-state index contributed by atoms with van der Waals surface area (Å²) in [5.74, 6) is -0.431. The molecule has 1 aromatic rings. The maximum Gasteiger partial charge on any atom is 0.341 e. The molecule has 0 aromatic heterocycles. The Balaban J connectivity index is 2.64. The number of anilines is 1. The molecule has 1 aliphatic heterocycles. The van der Waals surface area contributed by atoms with Gasteiger partial charge in [0.25, 0.3) is 0 Å². The van der Waals surface area contributed by atoms with Crippen molar-refractivity contribution in [3.8, 4) is 5.75 Å². The van der Waals surface area contributed by atoms with Crippen molar-refractivity contribution < 1.29 is 19.1 Å². The molecular weight excluding hydrogens is 270 g/mol. The second kappa shape index (κ2) is 5.32. The van der Waals surface area contributed by atoms with Crippen molar-refractivity contribution in [2.45, 2.75) is 6.92 Å². The highest BCUT2D eigenvalue weighted by atomic mass is 35.5. The zero-order chi connectivity index (χ0) is 14.0.